The summed E-state index contributed by atoms with van der Waals surface area (Å²) >= 11 is 3.30. The standard InChI is InChI=1S/C12H18BrN3O2/c1-12(2,3)18-11(17)16-6-4-5-8(16)10-14-7-9(13)15-10/h7-8,10H,4-6H2,1-3H3/t8-,10+/m0/s1. The van der Waals surface area contributed by atoms with Gasteiger partial charge >= 0.3 is 6.09 Å². The fourth-order valence-corrected chi connectivity index (χ4v) is 2.49. The third-order valence-corrected chi connectivity index (χ3v) is 3.27. The number of amides is 1. The molecule has 5 nitrogen and oxygen atoms in total. The van der Waals surface area contributed by atoms with Gasteiger partial charge in [-0.3, -0.25) is 4.99 Å². The molecule has 2 heterocycles. The highest BCUT2D eigenvalue weighted by Crippen LogP contribution is 2.26. The van der Waals surface area contributed by atoms with Crippen LogP contribution in [0.5, 0.6) is 0 Å². The van der Waals surface area contributed by atoms with Crippen LogP contribution in [-0.4, -0.2) is 46.2 Å². The number of hydrogen-bond acceptors (Lipinski definition) is 4. The van der Waals surface area contributed by atoms with Crippen molar-refractivity contribution in [1.29, 1.82) is 0 Å². The molecule has 0 N–H and O–H groups in total. The molecule has 2 atom stereocenters. The van der Waals surface area contributed by atoms with Gasteiger partial charge in [-0.2, -0.15) is 0 Å². The Morgan fingerprint density at radius 1 is 1.56 bits per heavy atom. The van der Waals surface area contributed by atoms with E-state index in [0.29, 0.717) is 0 Å². The Hall–Kier alpha value is -0.910. The number of carbonyl (C=O) groups is 1. The van der Waals surface area contributed by atoms with Crippen LogP contribution in [0.3, 0.4) is 0 Å². The predicted octanol–water partition coefficient (Wildman–Crippen LogP) is 2.59. The quantitative estimate of drug-likeness (QED) is 0.746. The molecule has 1 saturated heterocycles. The summed E-state index contributed by atoms with van der Waals surface area (Å²) < 4.78 is 6.15. The van der Waals surface area contributed by atoms with Gasteiger partial charge in [-0.15, -0.1) is 0 Å². The Bertz CT molecular complexity index is 401. The highest BCUT2D eigenvalue weighted by Gasteiger charge is 2.37. The lowest BCUT2D eigenvalue weighted by molar-refractivity contribution is 0.0210. The lowest BCUT2D eigenvalue weighted by atomic mass is 10.2. The number of halogens is 1. The zero-order chi connectivity index (χ0) is 13.3. The molecule has 0 bridgehead atoms. The first-order chi connectivity index (χ1) is 8.37. The number of nitrogens with zero attached hydrogens (tertiary/aromatic N) is 3. The highest BCUT2D eigenvalue weighted by molar-refractivity contribution is 9.19. The third-order valence-electron chi connectivity index (χ3n) is 2.86. The van der Waals surface area contributed by atoms with Crippen molar-refractivity contribution in [2.45, 2.75) is 51.4 Å². The Kier molecular flexibility index (Phi) is 3.75. The van der Waals surface area contributed by atoms with E-state index in [1.807, 2.05) is 20.8 Å². The molecule has 0 aromatic rings. The summed E-state index contributed by atoms with van der Waals surface area (Å²) in [6.07, 6.45) is 3.14. The monoisotopic (exact) mass is 315 g/mol. The van der Waals surface area contributed by atoms with E-state index in [-0.39, 0.29) is 18.3 Å². The first-order valence-corrected chi connectivity index (χ1v) is 6.92. The molecular weight excluding hydrogens is 298 g/mol. The maximum atomic E-state index is 12.1. The third kappa shape index (κ3) is 3.10. The SMILES string of the molecule is CC(C)(C)OC(=O)N1CCC[C@H]1[C@@H]1N=CC(Br)=N1. The number of ether oxygens (including phenoxy) is 1. The summed E-state index contributed by atoms with van der Waals surface area (Å²) in [5.41, 5.74) is -0.465. The second kappa shape index (κ2) is 4.99. The molecule has 0 saturated carbocycles. The first-order valence-electron chi connectivity index (χ1n) is 6.13. The molecule has 1 fully saturated rings. The molecular formula is C12H18BrN3O2. The summed E-state index contributed by atoms with van der Waals surface area (Å²) in [5.74, 6) is 0. The van der Waals surface area contributed by atoms with Crippen molar-refractivity contribution >= 4 is 32.9 Å². The first kappa shape index (κ1) is 13.5. The lowest BCUT2D eigenvalue weighted by Crippen LogP contribution is -2.43. The van der Waals surface area contributed by atoms with Gasteiger partial charge in [0.15, 0.2) is 6.17 Å². The van der Waals surface area contributed by atoms with Crippen molar-refractivity contribution in [1.82, 2.24) is 4.90 Å². The van der Waals surface area contributed by atoms with Crippen LogP contribution in [0.4, 0.5) is 4.79 Å². The topological polar surface area (TPSA) is 54.3 Å². The van der Waals surface area contributed by atoms with Crippen LogP contribution in [0.15, 0.2) is 9.98 Å². The molecule has 18 heavy (non-hydrogen) atoms. The zero-order valence-corrected chi connectivity index (χ0v) is 12.5. The van der Waals surface area contributed by atoms with E-state index >= 15 is 0 Å². The van der Waals surface area contributed by atoms with E-state index in [9.17, 15) is 4.79 Å². The van der Waals surface area contributed by atoms with Crippen molar-refractivity contribution in [3.05, 3.63) is 0 Å². The molecule has 2 aliphatic rings. The van der Waals surface area contributed by atoms with Gasteiger partial charge in [0.25, 0.3) is 0 Å². The van der Waals surface area contributed by atoms with E-state index in [4.69, 9.17) is 4.74 Å². The van der Waals surface area contributed by atoms with Crippen LogP contribution in [0.2, 0.25) is 0 Å². The average molecular weight is 316 g/mol. The van der Waals surface area contributed by atoms with E-state index in [2.05, 4.69) is 25.9 Å². The van der Waals surface area contributed by atoms with Crippen LogP contribution >= 0.6 is 15.9 Å². The number of aliphatic imine (C=N–C) groups is 2. The van der Waals surface area contributed by atoms with E-state index < -0.39 is 5.60 Å². The van der Waals surface area contributed by atoms with Gasteiger partial charge in [-0.1, -0.05) is 0 Å². The van der Waals surface area contributed by atoms with Crippen LogP contribution in [0.1, 0.15) is 33.6 Å². The highest BCUT2D eigenvalue weighted by atomic mass is 79.9. The molecule has 0 aromatic heterocycles. The van der Waals surface area contributed by atoms with Gasteiger partial charge in [0, 0.05) is 6.54 Å². The molecule has 0 unspecified atom stereocenters. The number of rotatable bonds is 1. The molecule has 0 aromatic carbocycles. The van der Waals surface area contributed by atoms with Crippen LogP contribution in [0, 0.1) is 0 Å². The van der Waals surface area contributed by atoms with Gasteiger partial charge in [0.2, 0.25) is 0 Å². The Balaban J connectivity index is 2.04. The number of carbonyl (C=O) groups excluding carboxylic acids is 1. The summed E-state index contributed by atoms with van der Waals surface area (Å²) in [7, 11) is 0. The van der Waals surface area contributed by atoms with Crippen molar-refractivity contribution < 1.29 is 9.53 Å². The van der Waals surface area contributed by atoms with Crippen LogP contribution < -0.4 is 0 Å². The van der Waals surface area contributed by atoms with Gasteiger partial charge in [0.05, 0.1) is 12.3 Å². The molecule has 0 aliphatic carbocycles. The zero-order valence-electron chi connectivity index (χ0n) is 10.9. The number of hydrogen-bond donors (Lipinski definition) is 0. The summed E-state index contributed by atoms with van der Waals surface area (Å²) in [5, 5.41) is 0. The van der Waals surface area contributed by atoms with Crippen molar-refractivity contribution in [3.8, 4) is 0 Å². The normalized spacial score (nSPS) is 27.6. The summed E-state index contributed by atoms with van der Waals surface area (Å²) in [6, 6.07) is 0.0196. The largest absolute Gasteiger partial charge is 0.444 e. The second-order valence-corrected chi connectivity index (χ2v) is 6.34. The maximum Gasteiger partial charge on any atom is 0.410 e. The van der Waals surface area contributed by atoms with Gasteiger partial charge in [0.1, 0.15) is 10.2 Å². The van der Waals surface area contributed by atoms with Gasteiger partial charge in [-0.05, 0) is 49.5 Å². The lowest BCUT2D eigenvalue weighted by Gasteiger charge is -2.29. The van der Waals surface area contributed by atoms with Gasteiger partial charge < -0.3 is 9.64 Å². The molecule has 6 heteroatoms. The second-order valence-electron chi connectivity index (χ2n) is 5.53. The van der Waals surface area contributed by atoms with E-state index in [1.165, 1.54) is 0 Å². The van der Waals surface area contributed by atoms with Crippen molar-refractivity contribution in [3.63, 3.8) is 0 Å². The molecule has 0 spiro atoms. The molecule has 2 aliphatic heterocycles. The van der Waals surface area contributed by atoms with E-state index in [0.717, 1.165) is 24.0 Å². The van der Waals surface area contributed by atoms with Crippen molar-refractivity contribution in [2.24, 2.45) is 9.98 Å². The van der Waals surface area contributed by atoms with E-state index in [1.54, 1.807) is 11.1 Å². The predicted molar refractivity (Wildman–Crippen MR) is 74.6 cm³/mol. The Morgan fingerprint density at radius 3 is 2.83 bits per heavy atom. The molecule has 0 radical (unpaired) electrons. The number of likely N-dealkylation sites (tertiary alicyclic amines) is 1. The fourth-order valence-electron chi connectivity index (χ4n) is 2.17. The summed E-state index contributed by atoms with van der Waals surface area (Å²) in [6.45, 7) is 6.34. The average Bonchev–Trinajstić information content (AvgIpc) is 2.81. The Morgan fingerprint density at radius 2 is 2.28 bits per heavy atom. The minimum Gasteiger partial charge on any atom is -0.444 e. The molecule has 100 valence electrons. The minimum absolute atomic E-state index is 0.0196. The Labute approximate surface area is 115 Å². The maximum absolute atomic E-state index is 12.1. The fraction of sp³-hybridized carbons (Fsp3) is 0.750. The molecule has 2 rings (SSSR count). The smallest absolute Gasteiger partial charge is 0.410 e. The van der Waals surface area contributed by atoms with Crippen LogP contribution in [-0.2, 0) is 4.74 Å². The summed E-state index contributed by atoms with van der Waals surface area (Å²) in [4.78, 5) is 22.5. The van der Waals surface area contributed by atoms with Gasteiger partial charge in [-0.25, -0.2) is 9.79 Å². The van der Waals surface area contributed by atoms with Crippen molar-refractivity contribution in [2.75, 3.05) is 6.54 Å². The molecule has 1 amide bonds. The minimum atomic E-state index is -0.465. The van der Waals surface area contributed by atoms with Crippen LogP contribution in [0.25, 0.3) is 0 Å².